The van der Waals surface area contributed by atoms with Crippen LogP contribution >= 0.6 is 0 Å². The third-order valence-electron chi connectivity index (χ3n) is 5.21. The summed E-state index contributed by atoms with van der Waals surface area (Å²) in [5.74, 6) is 0.164. The highest BCUT2D eigenvalue weighted by Gasteiger charge is 2.05. The van der Waals surface area contributed by atoms with E-state index >= 15 is 0 Å². The molecule has 1 aromatic carbocycles. The molecule has 0 saturated heterocycles. The van der Waals surface area contributed by atoms with E-state index in [1.54, 1.807) is 0 Å². The molecule has 0 bridgehead atoms. The topological polar surface area (TPSA) is 32.3 Å². The molecule has 0 radical (unpaired) electrons. The van der Waals surface area contributed by atoms with E-state index in [0.29, 0.717) is 6.42 Å². The van der Waals surface area contributed by atoms with Gasteiger partial charge in [-0.15, -0.1) is 0 Å². The average Bonchev–Trinajstić information content (AvgIpc) is 2.88. The molecular formula is C25H36N2O. The Morgan fingerprint density at radius 1 is 1.14 bits per heavy atom. The van der Waals surface area contributed by atoms with Gasteiger partial charge in [0.25, 0.3) is 0 Å². The van der Waals surface area contributed by atoms with Gasteiger partial charge in [0.2, 0.25) is 5.91 Å². The highest BCUT2D eigenvalue weighted by Crippen LogP contribution is 2.20. The smallest absolute Gasteiger partial charge is 0.220 e. The first-order valence-electron chi connectivity index (χ1n) is 10.6. The Labute approximate surface area is 171 Å². The predicted octanol–water partition coefficient (Wildman–Crippen LogP) is 4.84. The molecule has 0 saturated carbocycles. The van der Waals surface area contributed by atoms with Gasteiger partial charge in [-0.05, 0) is 69.3 Å². The first-order valence-corrected chi connectivity index (χ1v) is 10.6. The first-order chi connectivity index (χ1) is 13.6. The minimum absolute atomic E-state index is 0.164. The van der Waals surface area contributed by atoms with Crippen LogP contribution in [0.2, 0.25) is 0 Å². The second-order valence-electron chi connectivity index (χ2n) is 7.74. The molecule has 3 heteroatoms. The van der Waals surface area contributed by atoms with Crippen LogP contribution < -0.4 is 5.32 Å². The number of rotatable bonds is 11. The number of nitrogens with one attached hydrogen (secondary N) is 1. The molecule has 0 heterocycles. The van der Waals surface area contributed by atoms with Gasteiger partial charge in [-0.3, -0.25) is 4.79 Å². The maximum Gasteiger partial charge on any atom is 0.220 e. The van der Waals surface area contributed by atoms with Crippen molar-refractivity contribution in [3.63, 3.8) is 0 Å². The predicted molar refractivity (Wildman–Crippen MR) is 119 cm³/mol. The Balaban J connectivity index is 1.69. The molecule has 3 nitrogen and oxygen atoms in total. The van der Waals surface area contributed by atoms with Gasteiger partial charge in [-0.1, -0.05) is 61.1 Å². The summed E-state index contributed by atoms with van der Waals surface area (Å²) in [6.07, 6.45) is 14.5. The van der Waals surface area contributed by atoms with Crippen molar-refractivity contribution in [1.29, 1.82) is 0 Å². The minimum Gasteiger partial charge on any atom is -0.355 e. The fourth-order valence-electron chi connectivity index (χ4n) is 3.43. The van der Waals surface area contributed by atoms with Crippen LogP contribution in [-0.4, -0.2) is 37.5 Å². The highest BCUT2D eigenvalue weighted by atomic mass is 16.1. The van der Waals surface area contributed by atoms with Gasteiger partial charge in [-0.25, -0.2) is 0 Å². The van der Waals surface area contributed by atoms with Gasteiger partial charge < -0.3 is 10.2 Å². The van der Waals surface area contributed by atoms with Crippen molar-refractivity contribution in [2.24, 2.45) is 0 Å². The van der Waals surface area contributed by atoms with Crippen molar-refractivity contribution in [3.05, 3.63) is 70.8 Å². The number of likely N-dealkylation sites (N-methyl/N-ethyl adjacent to an activating group) is 1. The van der Waals surface area contributed by atoms with Crippen LogP contribution in [0.5, 0.6) is 0 Å². The molecule has 152 valence electrons. The van der Waals surface area contributed by atoms with Gasteiger partial charge >= 0.3 is 0 Å². The van der Waals surface area contributed by atoms with Crippen molar-refractivity contribution in [2.45, 2.75) is 52.4 Å². The fraction of sp³-hybridized carbons (Fsp3) is 0.480. The van der Waals surface area contributed by atoms with E-state index in [4.69, 9.17) is 0 Å². The van der Waals surface area contributed by atoms with E-state index in [1.165, 1.54) is 22.3 Å². The monoisotopic (exact) mass is 380 g/mol. The van der Waals surface area contributed by atoms with Gasteiger partial charge in [0.05, 0.1) is 0 Å². The highest BCUT2D eigenvalue weighted by molar-refractivity contribution is 5.75. The van der Waals surface area contributed by atoms with Gasteiger partial charge in [0.1, 0.15) is 0 Å². The SMILES string of the molecule is CCCN(C)CCNC(=O)CCCc1ccc(CC2=CC=CCC=C2C)cc1. The number of carbonyl (C=O) groups is 1. The summed E-state index contributed by atoms with van der Waals surface area (Å²) >= 11 is 0. The Hall–Kier alpha value is -2.13. The Morgan fingerprint density at radius 3 is 2.64 bits per heavy atom. The van der Waals surface area contributed by atoms with E-state index in [-0.39, 0.29) is 5.91 Å². The van der Waals surface area contributed by atoms with E-state index < -0.39 is 0 Å². The van der Waals surface area contributed by atoms with Gasteiger partial charge in [-0.2, -0.15) is 0 Å². The molecule has 0 spiro atoms. The zero-order valence-corrected chi connectivity index (χ0v) is 17.8. The summed E-state index contributed by atoms with van der Waals surface area (Å²) in [7, 11) is 2.10. The molecular weight excluding hydrogens is 344 g/mol. The molecule has 2 rings (SSSR count). The lowest BCUT2D eigenvalue weighted by molar-refractivity contribution is -0.121. The van der Waals surface area contributed by atoms with Crippen molar-refractivity contribution in [1.82, 2.24) is 10.2 Å². The summed E-state index contributed by atoms with van der Waals surface area (Å²) in [6.45, 7) is 7.10. The molecule has 0 unspecified atom stereocenters. The summed E-state index contributed by atoms with van der Waals surface area (Å²) in [5.41, 5.74) is 5.41. The van der Waals surface area contributed by atoms with E-state index in [2.05, 4.69) is 79.7 Å². The molecule has 0 fully saturated rings. The number of aryl methyl sites for hydroxylation is 1. The Bertz CT molecular complexity index is 698. The number of carbonyl (C=O) groups excluding carboxylic acids is 1. The summed E-state index contributed by atoms with van der Waals surface area (Å²) in [6, 6.07) is 8.86. The van der Waals surface area contributed by atoms with Crippen molar-refractivity contribution >= 4 is 5.91 Å². The fourth-order valence-corrected chi connectivity index (χ4v) is 3.43. The van der Waals surface area contributed by atoms with Crippen LogP contribution in [-0.2, 0) is 17.6 Å². The van der Waals surface area contributed by atoms with Crippen molar-refractivity contribution in [2.75, 3.05) is 26.7 Å². The van der Waals surface area contributed by atoms with E-state index in [0.717, 1.165) is 51.7 Å². The third-order valence-corrected chi connectivity index (χ3v) is 5.21. The molecule has 1 aliphatic carbocycles. The Morgan fingerprint density at radius 2 is 1.89 bits per heavy atom. The zero-order chi connectivity index (χ0) is 20.2. The van der Waals surface area contributed by atoms with Crippen molar-refractivity contribution in [3.8, 4) is 0 Å². The molecule has 0 atom stereocenters. The number of allylic oxidation sites excluding steroid dienone is 6. The van der Waals surface area contributed by atoms with Crippen LogP contribution in [0, 0.1) is 0 Å². The number of amides is 1. The normalized spacial score (nSPS) is 13.9. The molecule has 1 aliphatic rings. The lowest BCUT2D eigenvalue weighted by atomic mass is 9.97. The van der Waals surface area contributed by atoms with E-state index in [1.807, 2.05) is 0 Å². The molecule has 0 aromatic heterocycles. The largest absolute Gasteiger partial charge is 0.355 e. The quantitative estimate of drug-likeness (QED) is 0.596. The van der Waals surface area contributed by atoms with Crippen LogP contribution in [0.1, 0.15) is 50.7 Å². The number of hydrogen-bond acceptors (Lipinski definition) is 2. The summed E-state index contributed by atoms with van der Waals surface area (Å²) < 4.78 is 0. The maximum absolute atomic E-state index is 12.0. The molecule has 28 heavy (non-hydrogen) atoms. The van der Waals surface area contributed by atoms with E-state index in [9.17, 15) is 4.79 Å². The zero-order valence-electron chi connectivity index (χ0n) is 17.8. The molecule has 1 amide bonds. The summed E-state index contributed by atoms with van der Waals surface area (Å²) in [4.78, 5) is 14.2. The van der Waals surface area contributed by atoms with Crippen molar-refractivity contribution < 1.29 is 4.79 Å². The first kappa shape index (κ1) is 22.2. The standard InChI is InChI=1S/C25H36N2O/c1-4-18-27(3)19-17-26-25(28)12-8-10-22-13-15-23(16-14-22)20-24-11-7-5-6-9-21(24)2/h5,7,9,11,13-16H,4,6,8,10,12,17-20H2,1-3H3,(H,26,28). The maximum atomic E-state index is 12.0. The van der Waals surface area contributed by atoms with Crippen LogP contribution in [0.25, 0.3) is 0 Å². The number of benzene rings is 1. The lowest BCUT2D eigenvalue weighted by Gasteiger charge is -2.15. The number of hydrogen-bond donors (Lipinski definition) is 1. The minimum atomic E-state index is 0.164. The lowest BCUT2D eigenvalue weighted by Crippen LogP contribution is -2.33. The molecule has 1 aromatic rings. The Kier molecular flexibility index (Phi) is 9.78. The summed E-state index contributed by atoms with van der Waals surface area (Å²) in [5, 5.41) is 3.02. The van der Waals surface area contributed by atoms with Gasteiger partial charge in [0.15, 0.2) is 0 Å². The van der Waals surface area contributed by atoms with Crippen LogP contribution in [0.4, 0.5) is 0 Å². The third kappa shape index (κ3) is 8.26. The van der Waals surface area contributed by atoms with Crippen LogP contribution in [0.15, 0.2) is 59.7 Å². The second-order valence-corrected chi connectivity index (χ2v) is 7.74. The number of nitrogens with zero attached hydrogens (tertiary/aromatic N) is 1. The molecule has 0 aliphatic heterocycles. The second kappa shape index (κ2) is 12.4. The average molecular weight is 381 g/mol. The van der Waals surface area contributed by atoms with Gasteiger partial charge in [0, 0.05) is 19.5 Å². The molecule has 1 N–H and O–H groups in total. The van der Waals surface area contributed by atoms with Crippen LogP contribution in [0.3, 0.4) is 0 Å².